The molecule has 19 heavy (non-hydrogen) atoms. The van der Waals surface area contributed by atoms with Gasteiger partial charge < -0.3 is 14.9 Å². The minimum absolute atomic E-state index is 0.276. The van der Waals surface area contributed by atoms with Crippen molar-refractivity contribution in [1.29, 1.82) is 0 Å². The SMILES string of the molecule is CC[C@H](NC(=O)c1cnc2onc(C)c2c1)C(=O)O. The fourth-order valence-corrected chi connectivity index (χ4v) is 1.65. The topological polar surface area (TPSA) is 105 Å². The third-order valence-electron chi connectivity index (χ3n) is 2.78. The highest BCUT2D eigenvalue weighted by atomic mass is 16.5. The second kappa shape index (κ2) is 5.05. The van der Waals surface area contributed by atoms with Crippen molar-refractivity contribution in [2.75, 3.05) is 0 Å². The number of aromatic nitrogens is 2. The van der Waals surface area contributed by atoms with Crippen LogP contribution in [0.25, 0.3) is 11.1 Å². The molecule has 7 heteroatoms. The lowest BCUT2D eigenvalue weighted by Crippen LogP contribution is -2.40. The van der Waals surface area contributed by atoms with Crippen LogP contribution >= 0.6 is 0 Å². The van der Waals surface area contributed by atoms with E-state index in [-0.39, 0.29) is 5.56 Å². The fraction of sp³-hybridized carbons (Fsp3) is 0.333. The molecule has 1 atom stereocenters. The maximum atomic E-state index is 11.9. The minimum Gasteiger partial charge on any atom is -0.480 e. The van der Waals surface area contributed by atoms with Crippen LogP contribution in [0.2, 0.25) is 0 Å². The number of fused-ring (bicyclic) bond motifs is 1. The van der Waals surface area contributed by atoms with Crippen molar-refractivity contribution in [3.05, 3.63) is 23.5 Å². The van der Waals surface area contributed by atoms with Crippen molar-refractivity contribution >= 4 is 23.0 Å². The predicted molar refractivity (Wildman–Crippen MR) is 65.7 cm³/mol. The smallest absolute Gasteiger partial charge is 0.326 e. The lowest BCUT2D eigenvalue weighted by Gasteiger charge is -2.11. The van der Waals surface area contributed by atoms with Crippen LogP contribution in [0, 0.1) is 6.92 Å². The van der Waals surface area contributed by atoms with Crippen LogP contribution in [0.1, 0.15) is 29.4 Å². The molecule has 1 amide bonds. The Morgan fingerprint density at radius 3 is 2.89 bits per heavy atom. The Morgan fingerprint density at radius 1 is 1.53 bits per heavy atom. The van der Waals surface area contributed by atoms with Crippen molar-refractivity contribution in [3.8, 4) is 0 Å². The monoisotopic (exact) mass is 263 g/mol. The van der Waals surface area contributed by atoms with Crippen LogP contribution in [-0.2, 0) is 4.79 Å². The number of aliphatic carboxylic acids is 1. The van der Waals surface area contributed by atoms with Crippen molar-refractivity contribution in [3.63, 3.8) is 0 Å². The van der Waals surface area contributed by atoms with E-state index in [4.69, 9.17) is 9.63 Å². The lowest BCUT2D eigenvalue weighted by molar-refractivity contribution is -0.139. The van der Waals surface area contributed by atoms with E-state index < -0.39 is 17.9 Å². The van der Waals surface area contributed by atoms with Crippen molar-refractivity contribution in [2.45, 2.75) is 26.3 Å². The molecule has 0 aromatic carbocycles. The van der Waals surface area contributed by atoms with Gasteiger partial charge in [-0.3, -0.25) is 4.79 Å². The van der Waals surface area contributed by atoms with Gasteiger partial charge in [0.25, 0.3) is 11.6 Å². The Hall–Kier alpha value is -2.44. The van der Waals surface area contributed by atoms with Gasteiger partial charge in [0.1, 0.15) is 6.04 Å². The first-order valence-corrected chi connectivity index (χ1v) is 5.78. The molecule has 0 radical (unpaired) electrons. The second-order valence-corrected chi connectivity index (χ2v) is 4.12. The first kappa shape index (κ1) is 13.0. The van der Waals surface area contributed by atoms with E-state index in [1.54, 1.807) is 19.9 Å². The summed E-state index contributed by atoms with van der Waals surface area (Å²) in [6.07, 6.45) is 1.64. The number of carboxylic acids is 1. The molecule has 2 N–H and O–H groups in total. The first-order valence-electron chi connectivity index (χ1n) is 5.78. The van der Waals surface area contributed by atoms with Crippen LogP contribution in [0.15, 0.2) is 16.8 Å². The number of nitrogens with zero attached hydrogens (tertiary/aromatic N) is 2. The lowest BCUT2D eigenvalue weighted by atomic mass is 10.1. The molecule has 0 saturated carbocycles. The maximum absolute atomic E-state index is 11.9. The molecule has 0 aliphatic rings. The average Bonchev–Trinajstić information content (AvgIpc) is 2.76. The summed E-state index contributed by atoms with van der Waals surface area (Å²) in [7, 11) is 0. The van der Waals surface area contributed by atoms with Crippen molar-refractivity contribution < 1.29 is 19.2 Å². The van der Waals surface area contributed by atoms with Gasteiger partial charge in [-0.25, -0.2) is 9.78 Å². The number of carbonyl (C=O) groups is 2. The number of hydrogen-bond acceptors (Lipinski definition) is 5. The Labute approximate surface area is 108 Å². The molecule has 2 rings (SSSR count). The van der Waals surface area contributed by atoms with Gasteiger partial charge >= 0.3 is 5.97 Å². The van der Waals surface area contributed by atoms with Gasteiger partial charge in [0.2, 0.25) is 0 Å². The number of amides is 1. The van der Waals surface area contributed by atoms with Gasteiger partial charge in [-0.1, -0.05) is 12.1 Å². The number of pyridine rings is 1. The van der Waals surface area contributed by atoms with Crippen molar-refractivity contribution in [2.24, 2.45) is 0 Å². The molecule has 0 bridgehead atoms. The number of carboxylic acid groups (broad SMARTS) is 1. The normalized spacial score (nSPS) is 12.3. The maximum Gasteiger partial charge on any atom is 0.326 e. The van der Waals surface area contributed by atoms with Crippen LogP contribution in [-0.4, -0.2) is 33.2 Å². The number of aryl methyl sites for hydroxylation is 1. The molecule has 0 saturated heterocycles. The molecule has 0 aliphatic carbocycles. The Bertz CT molecular complexity index is 635. The summed E-state index contributed by atoms with van der Waals surface area (Å²) in [4.78, 5) is 26.8. The Morgan fingerprint density at radius 2 is 2.26 bits per heavy atom. The van der Waals surface area contributed by atoms with Gasteiger partial charge in [0, 0.05) is 6.20 Å². The molecule has 2 aromatic rings. The summed E-state index contributed by atoms with van der Waals surface area (Å²) in [6.45, 7) is 3.42. The first-order chi connectivity index (χ1) is 9.02. The summed E-state index contributed by atoms with van der Waals surface area (Å²) in [6, 6.07) is 0.671. The third-order valence-corrected chi connectivity index (χ3v) is 2.78. The van der Waals surface area contributed by atoms with E-state index in [0.29, 0.717) is 23.2 Å². The molecular formula is C12H13N3O4. The zero-order chi connectivity index (χ0) is 14.0. The van der Waals surface area contributed by atoms with E-state index in [0.717, 1.165) is 0 Å². The van der Waals surface area contributed by atoms with Gasteiger partial charge in [-0.05, 0) is 19.4 Å². The highest BCUT2D eigenvalue weighted by Gasteiger charge is 2.19. The highest BCUT2D eigenvalue weighted by molar-refractivity contribution is 5.98. The molecule has 7 nitrogen and oxygen atoms in total. The zero-order valence-corrected chi connectivity index (χ0v) is 10.5. The largest absolute Gasteiger partial charge is 0.480 e. The highest BCUT2D eigenvalue weighted by Crippen LogP contribution is 2.16. The Balaban J connectivity index is 2.26. The summed E-state index contributed by atoms with van der Waals surface area (Å²) in [5.74, 6) is -1.55. The van der Waals surface area contributed by atoms with Crippen molar-refractivity contribution in [1.82, 2.24) is 15.5 Å². The molecule has 0 aliphatic heterocycles. The standard InChI is InChI=1S/C12H13N3O4/c1-3-9(12(17)18)14-10(16)7-4-8-6(2)15-19-11(8)13-5-7/h4-5,9H,3H2,1-2H3,(H,14,16)(H,17,18)/t9-/m0/s1. The number of nitrogens with one attached hydrogen (secondary N) is 1. The summed E-state index contributed by atoms with van der Waals surface area (Å²) in [5, 5.41) is 15.7. The van der Waals surface area contributed by atoms with Crippen LogP contribution in [0.4, 0.5) is 0 Å². The van der Waals surface area contributed by atoms with E-state index in [1.165, 1.54) is 6.20 Å². The minimum atomic E-state index is -1.06. The molecular weight excluding hydrogens is 250 g/mol. The molecule has 0 unspecified atom stereocenters. The van der Waals surface area contributed by atoms with Crippen LogP contribution < -0.4 is 5.32 Å². The van der Waals surface area contributed by atoms with Gasteiger partial charge in [0.15, 0.2) is 0 Å². The van der Waals surface area contributed by atoms with Gasteiger partial charge in [0.05, 0.1) is 16.6 Å². The van der Waals surface area contributed by atoms with Gasteiger partial charge in [-0.15, -0.1) is 0 Å². The Kier molecular flexibility index (Phi) is 3.46. The fourth-order valence-electron chi connectivity index (χ4n) is 1.65. The molecule has 100 valence electrons. The number of carbonyl (C=O) groups excluding carboxylic acids is 1. The summed E-state index contributed by atoms with van der Waals surface area (Å²) >= 11 is 0. The molecule has 2 heterocycles. The summed E-state index contributed by atoms with van der Waals surface area (Å²) in [5.41, 5.74) is 1.25. The zero-order valence-electron chi connectivity index (χ0n) is 10.5. The van der Waals surface area contributed by atoms with E-state index in [9.17, 15) is 9.59 Å². The molecule has 0 spiro atoms. The average molecular weight is 263 g/mol. The van der Waals surface area contributed by atoms with E-state index in [1.807, 2.05) is 0 Å². The molecule has 2 aromatic heterocycles. The quantitative estimate of drug-likeness (QED) is 0.856. The number of rotatable bonds is 4. The van der Waals surface area contributed by atoms with E-state index >= 15 is 0 Å². The van der Waals surface area contributed by atoms with E-state index in [2.05, 4.69) is 15.5 Å². The predicted octanol–water partition coefficient (Wildman–Crippen LogP) is 1.12. The van der Waals surface area contributed by atoms with Gasteiger partial charge in [-0.2, -0.15) is 0 Å². The second-order valence-electron chi connectivity index (χ2n) is 4.12. The van der Waals surface area contributed by atoms with Crippen LogP contribution in [0.3, 0.4) is 0 Å². The number of hydrogen-bond donors (Lipinski definition) is 2. The summed E-state index contributed by atoms with van der Waals surface area (Å²) < 4.78 is 4.94. The molecule has 0 fully saturated rings. The third kappa shape index (κ3) is 2.54. The van der Waals surface area contributed by atoms with Crippen LogP contribution in [0.5, 0.6) is 0 Å².